The van der Waals surface area contributed by atoms with Crippen LogP contribution in [0.3, 0.4) is 0 Å². The Morgan fingerprint density at radius 2 is 1.96 bits per heavy atom. The Labute approximate surface area is 153 Å². The van der Waals surface area contributed by atoms with E-state index in [0.717, 1.165) is 16.2 Å². The zero-order valence-electron chi connectivity index (χ0n) is 15.5. The quantitative estimate of drug-likeness (QED) is 0.693. The summed E-state index contributed by atoms with van der Waals surface area (Å²) in [5.74, 6) is 1.24. The van der Waals surface area contributed by atoms with E-state index in [9.17, 15) is 9.59 Å². The maximum absolute atomic E-state index is 12.3. The van der Waals surface area contributed by atoms with Crippen molar-refractivity contribution in [1.29, 1.82) is 0 Å². The van der Waals surface area contributed by atoms with E-state index in [2.05, 4.69) is 19.2 Å². The Balaban J connectivity index is 2.50. The molecular weight excluding hydrogens is 342 g/mol. The second kappa shape index (κ2) is 9.47. The van der Waals surface area contributed by atoms with Crippen LogP contribution in [0.15, 0.2) is 12.1 Å². The molecule has 136 valence electrons. The van der Waals surface area contributed by atoms with Gasteiger partial charge in [0.1, 0.15) is 5.60 Å². The Bertz CT molecular complexity index is 547. The van der Waals surface area contributed by atoms with Crippen LogP contribution in [0, 0.1) is 12.8 Å². The molecule has 0 bridgehead atoms. The molecule has 1 N–H and O–H groups in total. The monoisotopic (exact) mass is 371 g/mol. The number of hydrogen-bond acceptors (Lipinski definition) is 5. The van der Waals surface area contributed by atoms with Crippen LogP contribution >= 0.6 is 23.1 Å². The number of carbonyl (C=O) groups is 2. The third-order valence-corrected chi connectivity index (χ3v) is 5.09. The van der Waals surface area contributed by atoms with Gasteiger partial charge in [-0.05, 0) is 52.2 Å². The molecule has 0 unspecified atom stereocenters. The van der Waals surface area contributed by atoms with E-state index in [-0.39, 0.29) is 17.9 Å². The number of nitrogens with one attached hydrogen (secondary N) is 1. The molecule has 0 aliphatic heterocycles. The largest absolute Gasteiger partial charge is 0.459 e. The van der Waals surface area contributed by atoms with Crippen LogP contribution in [0.4, 0.5) is 0 Å². The molecule has 24 heavy (non-hydrogen) atoms. The minimum absolute atomic E-state index is 0.0309. The summed E-state index contributed by atoms with van der Waals surface area (Å²) in [6.45, 7) is 11.8. The van der Waals surface area contributed by atoms with Crippen molar-refractivity contribution in [3.8, 4) is 0 Å². The smallest absolute Gasteiger partial charge is 0.316 e. The predicted octanol–water partition coefficient (Wildman–Crippen LogP) is 4.28. The summed E-state index contributed by atoms with van der Waals surface area (Å²) < 4.78 is 5.31. The first-order valence-corrected chi connectivity index (χ1v) is 10.2. The molecule has 1 amide bonds. The van der Waals surface area contributed by atoms with Crippen molar-refractivity contribution in [1.82, 2.24) is 5.32 Å². The van der Waals surface area contributed by atoms with Gasteiger partial charge in [-0.25, -0.2) is 0 Å². The molecule has 0 aliphatic carbocycles. The molecule has 0 radical (unpaired) electrons. The van der Waals surface area contributed by atoms with Crippen LogP contribution in [-0.2, 0) is 9.53 Å². The van der Waals surface area contributed by atoms with Crippen molar-refractivity contribution in [2.75, 3.05) is 11.5 Å². The second-order valence-corrected chi connectivity index (χ2v) is 9.63. The number of amides is 1. The van der Waals surface area contributed by atoms with Gasteiger partial charge in [-0.3, -0.25) is 9.59 Å². The molecule has 4 nitrogen and oxygen atoms in total. The number of aryl methyl sites for hydroxylation is 1. The van der Waals surface area contributed by atoms with E-state index in [4.69, 9.17) is 4.74 Å². The fraction of sp³-hybridized carbons (Fsp3) is 0.667. The van der Waals surface area contributed by atoms with E-state index < -0.39 is 5.60 Å². The lowest BCUT2D eigenvalue weighted by Crippen LogP contribution is -2.37. The number of esters is 1. The molecule has 0 aromatic carbocycles. The summed E-state index contributed by atoms with van der Waals surface area (Å²) in [7, 11) is 0. The number of hydrogen-bond donors (Lipinski definition) is 1. The summed E-state index contributed by atoms with van der Waals surface area (Å²) in [5.41, 5.74) is -0.458. The van der Waals surface area contributed by atoms with Crippen LogP contribution in [0.25, 0.3) is 0 Å². The van der Waals surface area contributed by atoms with Gasteiger partial charge in [-0.2, -0.15) is 0 Å². The average Bonchev–Trinajstić information content (AvgIpc) is 2.82. The lowest BCUT2D eigenvalue weighted by Gasteiger charge is -2.21. The standard InChI is InChI=1S/C18H29NO3S2/c1-12(2)9-14(10-23-11-16(20)22-18(4,5)6)19-17(21)15-8-7-13(3)24-15/h7-8,12,14H,9-11H2,1-6H3,(H,19,21)/t14-/m0/s1. The molecule has 0 fully saturated rings. The normalized spacial score (nSPS) is 13.0. The maximum atomic E-state index is 12.3. The maximum Gasteiger partial charge on any atom is 0.316 e. The third kappa shape index (κ3) is 8.73. The second-order valence-electron chi connectivity index (χ2n) is 7.31. The van der Waals surface area contributed by atoms with Gasteiger partial charge >= 0.3 is 5.97 Å². The molecule has 1 atom stereocenters. The van der Waals surface area contributed by atoms with Crippen LogP contribution in [0.2, 0.25) is 0 Å². The summed E-state index contributed by atoms with van der Waals surface area (Å²) in [5, 5.41) is 3.10. The lowest BCUT2D eigenvalue weighted by atomic mass is 10.1. The highest BCUT2D eigenvalue weighted by molar-refractivity contribution is 7.99. The Morgan fingerprint density at radius 1 is 1.29 bits per heavy atom. The van der Waals surface area contributed by atoms with E-state index in [1.54, 1.807) is 0 Å². The van der Waals surface area contributed by atoms with E-state index in [1.165, 1.54) is 23.1 Å². The fourth-order valence-electron chi connectivity index (χ4n) is 2.21. The fourth-order valence-corrected chi connectivity index (χ4v) is 3.82. The van der Waals surface area contributed by atoms with Gasteiger partial charge in [-0.15, -0.1) is 23.1 Å². The molecular formula is C18H29NO3S2. The Hall–Kier alpha value is -1.01. The summed E-state index contributed by atoms with van der Waals surface area (Å²) >= 11 is 3.01. The van der Waals surface area contributed by atoms with E-state index >= 15 is 0 Å². The molecule has 1 heterocycles. The Kier molecular flexibility index (Phi) is 8.30. The van der Waals surface area contributed by atoms with Gasteiger partial charge in [0.05, 0.1) is 10.6 Å². The molecule has 1 rings (SSSR count). The van der Waals surface area contributed by atoms with Crippen molar-refractivity contribution >= 4 is 35.0 Å². The highest BCUT2D eigenvalue weighted by Gasteiger charge is 2.19. The van der Waals surface area contributed by atoms with Gasteiger partial charge in [0.2, 0.25) is 0 Å². The van der Waals surface area contributed by atoms with Crippen molar-refractivity contribution < 1.29 is 14.3 Å². The SMILES string of the molecule is Cc1ccc(C(=O)N[C@H](CSCC(=O)OC(C)(C)C)CC(C)C)s1. The van der Waals surface area contributed by atoms with Gasteiger partial charge in [-0.1, -0.05) is 13.8 Å². The van der Waals surface area contributed by atoms with Crippen LogP contribution in [0.5, 0.6) is 0 Å². The van der Waals surface area contributed by atoms with Gasteiger partial charge in [0.15, 0.2) is 0 Å². The summed E-state index contributed by atoms with van der Waals surface area (Å²) in [6.07, 6.45) is 0.886. The molecule has 0 saturated heterocycles. The number of thiophene rings is 1. The van der Waals surface area contributed by atoms with Gasteiger partial charge < -0.3 is 10.1 Å². The van der Waals surface area contributed by atoms with Gasteiger partial charge in [0.25, 0.3) is 5.91 Å². The van der Waals surface area contributed by atoms with Crippen molar-refractivity contribution in [2.45, 2.75) is 59.6 Å². The number of carbonyl (C=O) groups excluding carboxylic acids is 2. The topological polar surface area (TPSA) is 55.4 Å². The van der Waals surface area contributed by atoms with Crippen LogP contribution in [-0.4, -0.2) is 35.0 Å². The number of rotatable bonds is 8. The molecule has 0 aliphatic rings. The van der Waals surface area contributed by atoms with Crippen LogP contribution in [0.1, 0.15) is 55.6 Å². The van der Waals surface area contributed by atoms with E-state index in [0.29, 0.717) is 17.4 Å². The molecule has 0 spiro atoms. The summed E-state index contributed by atoms with van der Waals surface area (Å²) in [4.78, 5) is 26.0. The molecule has 1 aromatic rings. The first-order chi connectivity index (χ1) is 11.1. The summed E-state index contributed by atoms with van der Waals surface area (Å²) in [6, 6.07) is 3.86. The molecule has 0 saturated carbocycles. The van der Waals surface area contributed by atoms with Crippen molar-refractivity contribution in [3.05, 3.63) is 21.9 Å². The Morgan fingerprint density at radius 3 is 2.46 bits per heavy atom. The lowest BCUT2D eigenvalue weighted by molar-refractivity contribution is -0.151. The zero-order chi connectivity index (χ0) is 18.3. The van der Waals surface area contributed by atoms with Gasteiger partial charge in [0, 0.05) is 16.7 Å². The molecule has 1 aromatic heterocycles. The number of thioether (sulfide) groups is 1. The first kappa shape index (κ1) is 21.0. The van der Waals surface area contributed by atoms with Crippen molar-refractivity contribution in [3.63, 3.8) is 0 Å². The third-order valence-electron chi connectivity index (χ3n) is 3.01. The molecule has 6 heteroatoms. The average molecular weight is 372 g/mol. The minimum Gasteiger partial charge on any atom is -0.459 e. The van der Waals surface area contributed by atoms with Crippen molar-refractivity contribution in [2.24, 2.45) is 5.92 Å². The highest BCUT2D eigenvalue weighted by atomic mass is 32.2. The predicted molar refractivity (Wildman–Crippen MR) is 103 cm³/mol. The van der Waals surface area contributed by atoms with Crippen LogP contribution < -0.4 is 5.32 Å². The number of ether oxygens (including phenoxy) is 1. The first-order valence-electron chi connectivity index (χ1n) is 8.23. The van der Waals surface area contributed by atoms with E-state index in [1.807, 2.05) is 39.8 Å². The highest BCUT2D eigenvalue weighted by Crippen LogP contribution is 2.17. The zero-order valence-corrected chi connectivity index (χ0v) is 17.1. The minimum atomic E-state index is -0.458.